The Balaban J connectivity index is 1.86. The van der Waals surface area contributed by atoms with Gasteiger partial charge in [0.2, 0.25) is 0 Å². The first-order valence-electron chi connectivity index (χ1n) is 6.33. The maximum Gasteiger partial charge on any atom is 0.165 e. The van der Waals surface area contributed by atoms with Crippen molar-refractivity contribution in [2.24, 2.45) is 0 Å². The van der Waals surface area contributed by atoms with Gasteiger partial charge in [-0.05, 0) is 29.7 Å². The molecule has 1 aromatic rings. The molecule has 0 aromatic carbocycles. The summed E-state index contributed by atoms with van der Waals surface area (Å²) in [5.41, 5.74) is 0. The molecule has 0 radical (unpaired) electrons. The molecule has 1 saturated heterocycles. The van der Waals surface area contributed by atoms with E-state index >= 15 is 0 Å². The number of nitrogens with zero attached hydrogens (tertiary/aromatic N) is 5. The van der Waals surface area contributed by atoms with E-state index in [1.54, 1.807) is 7.11 Å². The van der Waals surface area contributed by atoms with Crippen LogP contribution in [0, 0.1) is 0 Å². The van der Waals surface area contributed by atoms with Crippen LogP contribution in [0.2, 0.25) is 0 Å². The van der Waals surface area contributed by atoms with E-state index in [2.05, 4.69) is 27.3 Å². The van der Waals surface area contributed by atoms with E-state index in [9.17, 15) is 0 Å². The van der Waals surface area contributed by atoms with Crippen molar-refractivity contribution in [3.8, 4) is 0 Å². The molecule has 0 N–H and O–H groups in total. The molecule has 0 aliphatic carbocycles. The molecule has 96 valence electrons. The van der Waals surface area contributed by atoms with Crippen molar-refractivity contribution < 1.29 is 4.74 Å². The summed E-state index contributed by atoms with van der Waals surface area (Å²) in [5.74, 6) is 0.975. The molecule has 0 amide bonds. The normalized spacial score (nSPS) is 18.7. The van der Waals surface area contributed by atoms with Crippen molar-refractivity contribution in [1.82, 2.24) is 25.1 Å². The monoisotopic (exact) mass is 239 g/mol. The third kappa shape index (κ3) is 3.23. The van der Waals surface area contributed by atoms with Crippen LogP contribution in [0.4, 0.5) is 0 Å². The molecule has 0 unspecified atom stereocenters. The second-order valence-corrected chi connectivity index (χ2v) is 4.53. The molecule has 1 aromatic heterocycles. The number of piperidine rings is 1. The molecule has 0 atom stereocenters. The Kier molecular flexibility index (Phi) is 4.44. The lowest BCUT2D eigenvalue weighted by Gasteiger charge is -2.30. The number of hydrogen-bond donors (Lipinski definition) is 0. The zero-order valence-corrected chi connectivity index (χ0v) is 10.7. The molecule has 6 nitrogen and oxygen atoms in total. The second-order valence-electron chi connectivity index (χ2n) is 4.53. The maximum atomic E-state index is 5.36. The number of aryl methyl sites for hydroxylation is 1. The Morgan fingerprint density at radius 3 is 2.76 bits per heavy atom. The largest absolute Gasteiger partial charge is 0.381 e. The van der Waals surface area contributed by atoms with Crippen LogP contribution in [-0.4, -0.2) is 51.4 Å². The number of aromatic nitrogens is 4. The zero-order valence-electron chi connectivity index (χ0n) is 10.7. The molecular weight excluding hydrogens is 218 g/mol. The summed E-state index contributed by atoms with van der Waals surface area (Å²) in [6, 6.07) is 0. The van der Waals surface area contributed by atoms with Crippen LogP contribution >= 0.6 is 0 Å². The number of hydrogen-bond acceptors (Lipinski definition) is 5. The van der Waals surface area contributed by atoms with Crippen LogP contribution in [-0.2, 0) is 17.8 Å². The Bertz CT molecular complexity index is 332. The van der Waals surface area contributed by atoms with Gasteiger partial charge in [-0.25, -0.2) is 4.68 Å². The first-order valence-corrected chi connectivity index (χ1v) is 6.33. The highest BCUT2D eigenvalue weighted by Crippen LogP contribution is 2.14. The molecule has 1 aliphatic heterocycles. The minimum Gasteiger partial charge on any atom is -0.381 e. The van der Waals surface area contributed by atoms with Gasteiger partial charge >= 0.3 is 0 Å². The zero-order chi connectivity index (χ0) is 12.1. The van der Waals surface area contributed by atoms with Crippen LogP contribution in [0.25, 0.3) is 0 Å². The molecule has 0 saturated carbocycles. The third-order valence-corrected chi connectivity index (χ3v) is 3.27. The van der Waals surface area contributed by atoms with Crippen LogP contribution in [0.1, 0.15) is 32.0 Å². The summed E-state index contributed by atoms with van der Waals surface area (Å²) in [7, 11) is 1.79. The van der Waals surface area contributed by atoms with Gasteiger partial charge < -0.3 is 4.74 Å². The lowest BCUT2D eigenvalue weighted by Crippen LogP contribution is -2.36. The first kappa shape index (κ1) is 12.4. The lowest BCUT2D eigenvalue weighted by atomic mass is 10.1. The molecule has 2 rings (SSSR count). The van der Waals surface area contributed by atoms with E-state index < -0.39 is 0 Å². The van der Waals surface area contributed by atoms with Crippen molar-refractivity contribution in [2.45, 2.75) is 45.4 Å². The van der Waals surface area contributed by atoms with Gasteiger partial charge in [-0.3, -0.25) is 4.90 Å². The topological polar surface area (TPSA) is 56.1 Å². The quantitative estimate of drug-likeness (QED) is 0.757. The molecule has 1 aliphatic rings. The number of methoxy groups -OCH3 is 1. The highest BCUT2D eigenvalue weighted by Gasteiger charge is 2.20. The first-order chi connectivity index (χ1) is 8.33. The van der Waals surface area contributed by atoms with Gasteiger partial charge in [0.05, 0.1) is 12.6 Å². The minimum absolute atomic E-state index is 0.429. The van der Waals surface area contributed by atoms with E-state index in [0.717, 1.165) is 51.3 Å². The van der Waals surface area contributed by atoms with Crippen LogP contribution in [0.15, 0.2) is 0 Å². The van der Waals surface area contributed by atoms with Gasteiger partial charge in [-0.2, -0.15) is 0 Å². The molecule has 0 spiro atoms. The number of rotatable bonds is 5. The fourth-order valence-electron chi connectivity index (χ4n) is 2.23. The minimum atomic E-state index is 0.429. The molecule has 0 bridgehead atoms. The lowest BCUT2D eigenvalue weighted by molar-refractivity contribution is 0.0377. The van der Waals surface area contributed by atoms with Crippen LogP contribution < -0.4 is 0 Å². The number of tetrazole rings is 1. The Labute approximate surface area is 102 Å². The van der Waals surface area contributed by atoms with E-state index in [4.69, 9.17) is 4.74 Å². The van der Waals surface area contributed by atoms with Crippen LogP contribution in [0.3, 0.4) is 0 Å². The van der Waals surface area contributed by atoms with Gasteiger partial charge in [0.15, 0.2) is 5.82 Å². The van der Waals surface area contributed by atoms with Gasteiger partial charge in [-0.15, -0.1) is 5.10 Å². The van der Waals surface area contributed by atoms with E-state index in [0.29, 0.717) is 6.10 Å². The average molecular weight is 239 g/mol. The van der Waals surface area contributed by atoms with E-state index in [1.165, 1.54) is 0 Å². The fourth-order valence-corrected chi connectivity index (χ4v) is 2.23. The summed E-state index contributed by atoms with van der Waals surface area (Å²) >= 11 is 0. The predicted octanol–water partition coefficient (Wildman–Crippen LogP) is 0.694. The molecular formula is C11H21N5O. The van der Waals surface area contributed by atoms with E-state index in [1.807, 2.05) is 4.68 Å². The summed E-state index contributed by atoms with van der Waals surface area (Å²) in [4.78, 5) is 2.40. The maximum absolute atomic E-state index is 5.36. The number of ether oxygens (including phenoxy) is 1. The second kappa shape index (κ2) is 6.07. The highest BCUT2D eigenvalue weighted by molar-refractivity contribution is 4.83. The summed E-state index contributed by atoms with van der Waals surface area (Å²) < 4.78 is 7.27. The van der Waals surface area contributed by atoms with Crippen molar-refractivity contribution in [2.75, 3.05) is 20.2 Å². The molecule has 2 heterocycles. The third-order valence-electron chi connectivity index (χ3n) is 3.27. The highest BCUT2D eigenvalue weighted by atomic mass is 16.5. The van der Waals surface area contributed by atoms with Gasteiger partial charge in [0.25, 0.3) is 0 Å². The van der Waals surface area contributed by atoms with Gasteiger partial charge in [0, 0.05) is 26.7 Å². The average Bonchev–Trinajstić information content (AvgIpc) is 2.78. The Hall–Kier alpha value is -1.01. The summed E-state index contributed by atoms with van der Waals surface area (Å²) in [6.45, 7) is 6.02. The van der Waals surface area contributed by atoms with Gasteiger partial charge in [-0.1, -0.05) is 6.92 Å². The van der Waals surface area contributed by atoms with E-state index in [-0.39, 0.29) is 0 Å². The van der Waals surface area contributed by atoms with Crippen molar-refractivity contribution in [3.05, 3.63) is 5.82 Å². The van der Waals surface area contributed by atoms with Crippen molar-refractivity contribution >= 4 is 0 Å². The Morgan fingerprint density at radius 1 is 1.35 bits per heavy atom. The molecule has 17 heavy (non-hydrogen) atoms. The summed E-state index contributed by atoms with van der Waals surface area (Å²) in [6.07, 6.45) is 3.69. The smallest absolute Gasteiger partial charge is 0.165 e. The summed E-state index contributed by atoms with van der Waals surface area (Å²) in [5, 5.41) is 11.9. The fraction of sp³-hybridized carbons (Fsp3) is 0.909. The predicted molar refractivity (Wildman–Crippen MR) is 63.4 cm³/mol. The van der Waals surface area contributed by atoms with Crippen LogP contribution in [0.5, 0.6) is 0 Å². The number of likely N-dealkylation sites (tertiary alicyclic amines) is 1. The molecule has 6 heteroatoms. The van der Waals surface area contributed by atoms with Crippen molar-refractivity contribution in [3.63, 3.8) is 0 Å². The molecule has 1 fully saturated rings. The van der Waals surface area contributed by atoms with Crippen molar-refractivity contribution in [1.29, 1.82) is 0 Å². The standard InChI is InChI=1S/C11H21N5O/c1-3-6-16-11(12-13-14-16)9-15-7-4-10(17-2)5-8-15/h10H,3-9H2,1-2H3. The SMILES string of the molecule is CCCn1nnnc1CN1CCC(OC)CC1. The Morgan fingerprint density at radius 2 is 2.12 bits per heavy atom. The van der Waals surface area contributed by atoms with Gasteiger partial charge in [0.1, 0.15) is 0 Å².